The Hall–Kier alpha value is -1.86. The molecule has 1 aromatic heterocycles. The summed E-state index contributed by atoms with van der Waals surface area (Å²) >= 11 is 0. The molecule has 1 aliphatic heterocycles. The van der Waals surface area contributed by atoms with Crippen molar-refractivity contribution in [2.45, 2.75) is 31.2 Å². The van der Waals surface area contributed by atoms with Crippen molar-refractivity contribution in [1.29, 1.82) is 0 Å². The smallest absolute Gasteiger partial charge is 0.409 e. The van der Waals surface area contributed by atoms with E-state index in [1.807, 2.05) is 0 Å². The molecule has 1 aliphatic rings. The zero-order chi connectivity index (χ0) is 14.0. The average molecular weight is 276 g/mol. The topological polar surface area (TPSA) is 75.5 Å². The maximum atomic E-state index is 13.0. The van der Waals surface area contributed by atoms with E-state index in [1.165, 1.54) is 6.07 Å². The van der Waals surface area contributed by atoms with Crippen molar-refractivity contribution in [1.82, 2.24) is 10.1 Å². The van der Waals surface area contributed by atoms with Crippen LogP contribution in [-0.4, -0.2) is 42.3 Å². The van der Waals surface area contributed by atoms with Crippen LogP contribution in [0.4, 0.5) is 13.6 Å². The minimum atomic E-state index is -2.67. The number of carbonyl (C=O) groups excluding carboxylic acids is 1. The van der Waals surface area contributed by atoms with E-state index in [2.05, 4.69) is 9.89 Å². The number of nitrogens with one attached hydrogen (secondary N) is 1. The highest BCUT2D eigenvalue weighted by Crippen LogP contribution is 2.33. The van der Waals surface area contributed by atoms with E-state index in [-0.39, 0.29) is 18.9 Å². The molecule has 0 aliphatic carbocycles. The molecule has 1 amide bonds. The van der Waals surface area contributed by atoms with Crippen LogP contribution in [0, 0.1) is 0 Å². The number of carbonyl (C=O) groups is 1. The first-order valence-electron chi connectivity index (χ1n) is 5.84. The van der Waals surface area contributed by atoms with Crippen molar-refractivity contribution in [3.05, 3.63) is 22.2 Å². The Balaban J connectivity index is 2.14. The molecule has 0 radical (unpaired) electrons. The number of halogens is 2. The fourth-order valence-electron chi connectivity index (χ4n) is 2.34. The van der Waals surface area contributed by atoms with Gasteiger partial charge in [-0.2, -0.15) is 5.16 Å². The van der Waals surface area contributed by atoms with Crippen LogP contribution in [0.2, 0.25) is 0 Å². The third-order valence-electron chi connectivity index (χ3n) is 3.29. The molecule has 0 unspecified atom stereocenters. The van der Waals surface area contributed by atoms with Crippen LogP contribution in [0.25, 0.3) is 0 Å². The standard InChI is InChI=1S/C11H14F2N2O4/c1-18-11(17)15-3-2-6(4-7(15)10(12)13)8-5-9(16)14-19-8/h5-7,10H,2-4H2,1H3,(H,14,16)/t6-,7-/m1/s1. The molecule has 106 valence electrons. The van der Waals surface area contributed by atoms with Gasteiger partial charge in [-0.25, -0.2) is 13.6 Å². The average Bonchev–Trinajstić information content (AvgIpc) is 2.83. The molecule has 6 nitrogen and oxygen atoms in total. The number of methoxy groups -OCH3 is 1. The summed E-state index contributed by atoms with van der Waals surface area (Å²) in [6, 6.07) is 0.0208. The number of aromatic amines is 1. The van der Waals surface area contributed by atoms with E-state index in [0.29, 0.717) is 12.2 Å². The molecule has 2 rings (SSSR count). The second-order valence-electron chi connectivity index (χ2n) is 4.40. The lowest BCUT2D eigenvalue weighted by Crippen LogP contribution is -2.49. The molecule has 8 heteroatoms. The summed E-state index contributed by atoms with van der Waals surface area (Å²) in [4.78, 5) is 23.4. The first-order valence-corrected chi connectivity index (χ1v) is 5.84. The van der Waals surface area contributed by atoms with Crippen molar-refractivity contribution in [3.63, 3.8) is 0 Å². The summed E-state index contributed by atoms with van der Waals surface area (Å²) in [5.74, 6) is 0.0408. The minimum absolute atomic E-state index is 0.0353. The fourth-order valence-corrected chi connectivity index (χ4v) is 2.34. The van der Waals surface area contributed by atoms with Crippen LogP contribution < -0.4 is 5.56 Å². The van der Waals surface area contributed by atoms with Crippen LogP contribution in [0.1, 0.15) is 24.5 Å². The van der Waals surface area contributed by atoms with Crippen LogP contribution in [0.3, 0.4) is 0 Å². The number of H-pyrrole nitrogens is 1. The van der Waals surface area contributed by atoms with Crippen molar-refractivity contribution in [2.75, 3.05) is 13.7 Å². The van der Waals surface area contributed by atoms with Crippen molar-refractivity contribution < 1.29 is 22.8 Å². The quantitative estimate of drug-likeness (QED) is 0.889. The largest absolute Gasteiger partial charge is 0.453 e. The zero-order valence-electron chi connectivity index (χ0n) is 10.3. The van der Waals surface area contributed by atoms with Gasteiger partial charge in [0.1, 0.15) is 5.76 Å². The van der Waals surface area contributed by atoms with Gasteiger partial charge >= 0.3 is 6.09 Å². The number of hydrogen-bond acceptors (Lipinski definition) is 4. The van der Waals surface area contributed by atoms with E-state index in [4.69, 9.17) is 4.52 Å². The first kappa shape index (κ1) is 13.6. The van der Waals surface area contributed by atoms with E-state index >= 15 is 0 Å². The number of alkyl halides is 2. The van der Waals surface area contributed by atoms with Gasteiger partial charge in [-0.1, -0.05) is 0 Å². The third kappa shape index (κ3) is 2.77. The molecular weight excluding hydrogens is 262 g/mol. The van der Waals surface area contributed by atoms with Gasteiger partial charge in [0, 0.05) is 18.5 Å². The second kappa shape index (κ2) is 5.41. The molecule has 0 spiro atoms. The zero-order valence-corrected chi connectivity index (χ0v) is 10.3. The van der Waals surface area contributed by atoms with Crippen molar-refractivity contribution in [2.24, 2.45) is 0 Å². The minimum Gasteiger partial charge on any atom is -0.453 e. The van der Waals surface area contributed by atoms with Gasteiger partial charge in [0.15, 0.2) is 0 Å². The van der Waals surface area contributed by atoms with Crippen LogP contribution >= 0.6 is 0 Å². The van der Waals surface area contributed by atoms with E-state index in [1.54, 1.807) is 0 Å². The molecule has 0 saturated carbocycles. The number of hydrogen-bond donors (Lipinski definition) is 1. The summed E-state index contributed by atoms with van der Waals surface area (Å²) in [7, 11) is 1.15. The molecule has 2 heterocycles. The van der Waals surface area contributed by atoms with Gasteiger partial charge in [-0.3, -0.25) is 9.69 Å². The summed E-state index contributed by atoms with van der Waals surface area (Å²) in [5.41, 5.74) is -0.404. The van der Waals surface area contributed by atoms with Gasteiger partial charge in [0.2, 0.25) is 0 Å². The molecule has 1 fully saturated rings. The molecule has 0 aromatic carbocycles. The number of nitrogens with zero attached hydrogens (tertiary/aromatic N) is 1. The van der Waals surface area contributed by atoms with Gasteiger partial charge in [0.05, 0.1) is 13.2 Å². The Morgan fingerprint density at radius 3 is 2.89 bits per heavy atom. The van der Waals surface area contributed by atoms with Gasteiger partial charge in [0.25, 0.3) is 12.0 Å². The summed E-state index contributed by atoms with van der Waals surface area (Å²) in [5, 5.41) is 2.13. The van der Waals surface area contributed by atoms with E-state index in [9.17, 15) is 18.4 Å². The molecular formula is C11H14F2N2O4. The fraction of sp³-hybridized carbons (Fsp3) is 0.636. The van der Waals surface area contributed by atoms with Crippen LogP contribution in [0.15, 0.2) is 15.4 Å². The maximum Gasteiger partial charge on any atom is 0.409 e. The number of ether oxygens (including phenoxy) is 1. The summed E-state index contributed by atoms with van der Waals surface area (Å²) in [6.45, 7) is 0.140. The number of likely N-dealkylation sites (tertiary alicyclic amines) is 1. The van der Waals surface area contributed by atoms with Crippen LogP contribution in [-0.2, 0) is 4.74 Å². The molecule has 2 atom stereocenters. The predicted octanol–water partition coefficient (Wildman–Crippen LogP) is 1.55. The SMILES string of the molecule is COC(=O)N1CC[C@@H](c2cc(=O)[nH]o2)C[C@@H]1C(F)F. The summed E-state index contributed by atoms with van der Waals surface area (Å²) in [6.07, 6.45) is -2.96. The highest BCUT2D eigenvalue weighted by Gasteiger charge is 2.39. The molecule has 1 saturated heterocycles. The molecule has 1 N–H and O–H groups in total. The van der Waals surface area contributed by atoms with E-state index in [0.717, 1.165) is 12.0 Å². The lowest BCUT2D eigenvalue weighted by atomic mass is 9.89. The summed E-state index contributed by atoms with van der Waals surface area (Å²) < 4.78 is 35.4. The van der Waals surface area contributed by atoms with Gasteiger partial charge in [-0.15, -0.1) is 0 Å². The van der Waals surface area contributed by atoms with Crippen LogP contribution in [0.5, 0.6) is 0 Å². The van der Waals surface area contributed by atoms with Crippen molar-refractivity contribution >= 4 is 6.09 Å². The Kier molecular flexibility index (Phi) is 3.87. The number of rotatable bonds is 2. The Morgan fingerprint density at radius 1 is 1.63 bits per heavy atom. The lowest BCUT2D eigenvalue weighted by Gasteiger charge is -2.37. The Morgan fingerprint density at radius 2 is 2.37 bits per heavy atom. The van der Waals surface area contributed by atoms with E-state index < -0.39 is 24.1 Å². The molecule has 0 bridgehead atoms. The predicted molar refractivity (Wildman–Crippen MR) is 60.2 cm³/mol. The number of amides is 1. The highest BCUT2D eigenvalue weighted by atomic mass is 19.3. The number of piperidine rings is 1. The molecule has 19 heavy (non-hydrogen) atoms. The third-order valence-corrected chi connectivity index (χ3v) is 3.29. The monoisotopic (exact) mass is 276 g/mol. The Labute approximate surface area is 107 Å². The lowest BCUT2D eigenvalue weighted by molar-refractivity contribution is -0.00145. The Bertz CT molecular complexity index is 499. The first-order chi connectivity index (χ1) is 9.02. The van der Waals surface area contributed by atoms with Gasteiger partial charge < -0.3 is 9.26 Å². The normalized spacial score (nSPS) is 23.7. The number of aromatic nitrogens is 1. The van der Waals surface area contributed by atoms with Gasteiger partial charge in [-0.05, 0) is 12.8 Å². The highest BCUT2D eigenvalue weighted by molar-refractivity contribution is 5.68. The molecule has 1 aromatic rings. The van der Waals surface area contributed by atoms with Crippen molar-refractivity contribution in [3.8, 4) is 0 Å². The maximum absolute atomic E-state index is 13.0. The second-order valence-corrected chi connectivity index (χ2v) is 4.40.